The van der Waals surface area contributed by atoms with Crippen molar-refractivity contribution in [3.63, 3.8) is 0 Å². The maximum Gasteiger partial charge on any atom is 0.257 e. The van der Waals surface area contributed by atoms with Gasteiger partial charge in [-0.2, -0.15) is 0 Å². The zero-order valence-corrected chi connectivity index (χ0v) is 28.8. The Labute approximate surface area is 299 Å². The van der Waals surface area contributed by atoms with Crippen molar-refractivity contribution in [3.8, 4) is 11.1 Å². The van der Waals surface area contributed by atoms with Crippen LogP contribution < -0.4 is 5.32 Å². The predicted octanol–water partition coefficient (Wildman–Crippen LogP) is 8.69. The quantitative estimate of drug-likeness (QED) is 0.0664. The monoisotopic (exact) mass is 720 g/mol. The van der Waals surface area contributed by atoms with Gasteiger partial charge in [-0.15, -0.1) is 6.58 Å². The molecule has 1 saturated heterocycles. The maximum absolute atomic E-state index is 14.3. The van der Waals surface area contributed by atoms with Crippen molar-refractivity contribution in [1.29, 1.82) is 0 Å². The molecule has 1 heterocycles. The second-order valence-corrected chi connectivity index (χ2v) is 13.4. The molecule has 0 unspecified atom stereocenters. The number of amides is 1. The van der Waals surface area contributed by atoms with Crippen molar-refractivity contribution in [2.75, 3.05) is 13.1 Å². The summed E-state index contributed by atoms with van der Waals surface area (Å²) in [4.78, 5) is 15.1. The first-order valence-corrected chi connectivity index (χ1v) is 17.4. The number of ether oxygens (including phenoxy) is 2. The normalized spacial score (nSPS) is 20.7. The predicted molar refractivity (Wildman–Crippen MR) is 186 cm³/mol. The minimum Gasteiger partial charge on any atom is -0.392 e. The van der Waals surface area contributed by atoms with Gasteiger partial charge in [-0.05, 0) is 40.7 Å². The Hall–Kier alpha value is -4.42. The van der Waals surface area contributed by atoms with Crippen LogP contribution in [0.2, 0.25) is 0 Å². The third kappa shape index (κ3) is 7.83. The van der Waals surface area contributed by atoms with Crippen LogP contribution in [0, 0.1) is 35.0 Å². The van der Waals surface area contributed by atoms with E-state index in [1.165, 1.54) is 12.8 Å². The number of nitrogens with zero attached hydrogens (tertiary/aromatic N) is 1. The molecule has 0 bridgehead atoms. The van der Waals surface area contributed by atoms with Gasteiger partial charge in [-0.1, -0.05) is 98.6 Å². The standard InChI is InChI=1S/C41H41F5N2O4/c1-3-20-48(30-9-5-6-10-30)22-32-24(2)39(27-14-12-25(23-49)13-15-27)52-41(51-32)28-18-16-26(17-19-28)31-11-7-4-8-29(31)21-47-40(50)33-34(42)36(44)38(46)37(45)35(33)43/h3-4,7-8,11-19,24,30,32,39,41,49H,1,5-6,9-10,20-23H2,2H3,(H,47,50)/t24-,32+,39+,41+/m1/s1. The van der Waals surface area contributed by atoms with E-state index in [1.807, 2.05) is 54.6 Å². The van der Waals surface area contributed by atoms with Gasteiger partial charge >= 0.3 is 0 Å². The number of carbonyl (C=O) groups is 1. The summed E-state index contributed by atoms with van der Waals surface area (Å²) in [6, 6.07) is 22.7. The summed E-state index contributed by atoms with van der Waals surface area (Å²) < 4.78 is 82.9. The van der Waals surface area contributed by atoms with Gasteiger partial charge in [0.1, 0.15) is 5.56 Å². The van der Waals surface area contributed by atoms with Gasteiger partial charge in [-0.3, -0.25) is 9.69 Å². The lowest BCUT2D eigenvalue weighted by Crippen LogP contribution is -2.47. The summed E-state index contributed by atoms with van der Waals surface area (Å²) in [7, 11) is 0. The van der Waals surface area contributed by atoms with Gasteiger partial charge in [-0.25, -0.2) is 22.0 Å². The fourth-order valence-corrected chi connectivity index (χ4v) is 7.21. The zero-order chi connectivity index (χ0) is 36.9. The molecule has 0 radical (unpaired) electrons. The van der Waals surface area contributed by atoms with Crippen LogP contribution in [0.4, 0.5) is 22.0 Å². The Balaban J connectivity index is 1.23. The van der Waals surface area contributed by atoms with Crippen molar-refractivity contribution in [3.05, 3.63) is 142 Å². The molecular weight excluding hydrogens is 679 g/mol. The number of halogens is 5. The number of rotatable bonds is 12. The Bertz CT molecular complexity index is 1850. The molecule has 1 aliphatic heterocycles. The highest BCUT2D eigenvalue weighted by atomic mass is 19.2. The van der Waals surface area contributed by atoms with Crippen LogP contribution >= 0.6 is 0 Å². The van der Waals surface area contributed by atoms with Gasteiger partial charge in [0.25, 0.3) is 5.91 Å². The van der Waals surface area contributed by atoms with Crippen molar-refractivity contribution in [1.82, 2.24) is 10.2 Å². The van der Waals surface area contributed by atoms with Crippen LogP contribution in [-0.2, 0) is 22.6 Å². The molecule has 6 rings (SSSR count). The maximum atomic E-state index is 14.3. The Morgan fingerprint density at radius 1 is 0.865 bits per heavy atom. The van der Waals surface area contributed by atoms with Crippen LogP contribution in [0.1, 0.15) is 77.6 Å². The van der Waals surface area contributed by atoms with Crippen molar-refractivity contribution >= 4 is 5.91 Å². The molecule has 2 aliphatic rings. The third-order valence-electron chi connectivity index (χ3n) is 10.1. The zero-order valence-electron chi connectivity index (χ0n) is 28.8. The SMILES string of the molecule is C=CCN(C[C@@H]1O[C@H](c2ccc(-c3ccccc3CNC(=O)c3c(F)c(F)c(F)c(F)c3F)cc2)O[C@H](c2ccc(CO)cc2)[C@@H]1C)C1CCCC1. The summed E-state index contributed by atoms with van der Waals surface area (Å²) in [6.45, 7) is 7.30. The average molecular weight is 721 g/mol. The van der Waals surface area contributed by atoms with E-state index in [0.717, 1.165) is 41.6 Å². The van der Waals surface area contributed by atoms with Crippen molar-refractivity contribution in [2.45, 2.75) is 70.3 Å². The Kier molecular flexibility index (Phi) is 11.8. The van der Waals surface area contributed by atoms with Crippen LogP contribution in [-0.4, -0.2) is 41.1 Å². The summed E-state index contributed by atoms with van der Waals surface area (Å²) in [5.41, 5.74) is 3.01. The van der Waals surface area contributed by atoms with E-state index < -0.39 is 46.8 Å². The topological polar surface area (TPSA) is 71.0 Å². The van der Waals surface area contributed by atoms with Crippen LogP contribution in [0.25, 0.3) is 11.1 Å². The summed E-state index contributed by atoms with van der Waals surface area (Å²) in [5.74, 6) is -12.5. The summed E-state index contributed by atoms with van der Waals surface area (Å²) in [5, 5.41) is 11.9. The Morgan fingerprint density at radius 3 is 2.12 bits per heavy atom. The van der Waals surface area contributed by atoms with Gasteiger partial charge < -0.3 is 19.9 Å². The number of aliphatic hydroxyl groups is 1. The highest BCUT2D eigenvalue weighted by Crippen LogP contribution is 2.43. The van der Waals surface area contributed by atoms with Gasteiger partial charge in [0, 0.05) is 37.2 Å². The van der Waals surface area contributed by atoms with E-state index >= 15 is 0 Å². The highest BCUT2D eigenvalue weighted by Gasteiger charge is 2.40. The number of hydrogen-bond donors (Lipinski definition) is 2. The molecule has 11 heteroatoms. The smallest absolute Gasteiger partial charge is 0.257 e. The molecule has 52 heavy (non-hydrogen) atoms. The average Bonchev–Trinajstić information content (AvgIpc) is 3.72. The van der Waals surface area contributed by atoms with Crippen molar-refractivity contribution in [2.24, 2.45) is 5.92 Å². The molecule has 2 fully saturated rings. The molecule has 1 amide bonds. The molecule has 4 aromatic rings. The lowest BCUT2D eigenvalue weighted by atomic mass is 9.89. The summed E-state index contributed by atoms with van der Waals surface area (Å²) in [6.07, 6.45) is 5.50. The molecule has 0 aromatic heterocycles. The van der Waals surface area contributed by atoms with Crippen LogP contribution in [0.5, 0.6) is 0 Å². The fourth-order valence-electron chi connectivity index (χ4n) is 7.21. The minimum absolute atomic E-state index is 0.0103. The van der Waals surface area contributed by atoms with Gasteiger partial charge in [0.15, 0.2) is 29.6 Å². The molecule has 274 valence electrons. The van der Waals surface area contributed by atoms with E-state index in [4.69, 9.17) is 9.47 Å². The van der Waals surface area contributed by atoms with Crippen molar-refractivity contribution < 1.29 is 41.3 Å². The molecule has 0 spiro atoms. The minimum atomic E-state index is -2.33. The molecule has 1 saturated carbocycles. The first-order chi connectivity index (χ1) is 25.1. The van der Waals surface area contributed by atoms with E-state index in [1.54, 1.807) is 24.3 Å². The Morgan fingerprint density at radius 2 is 1.48 bits per heavy atom. The van der Waals surface area contributed by atoms with Gasteiger partial charge in [0.2, 0.25) is 5.82 Å². The lowest BCUT2D eigenvalue weighted by molar-refractivity contribution is -0.276. The molecule has 2 N–H and O–H groups in total. The molecule has 1 aliphatic carbocycles. The first-order valence-electron chi connectivity index (χ1n) is 17.4. The number of benzene rings is 4. The van der Waals surface area contributed by atoms with Gasteiger partial charge in [0.05, 0.1) is 18.8 Å². The molecule has 6 nitrogen and oxygen atoms in total. The van der Waals surface area contributed by atoms with E-state index in [2.05, 4.69) is 23.7 Å². The largest absolute Gasteiger partial charge is 0.392 e. The third-order valence-corrected chi connectivity index (χ3v) is 10.1. The van der Waals surface area contributed by atoms with E-state index in [9.17, 15) is 31.9 Å². The number of hydrogen-bond acceptors (Lipinski definition) is 5. The van der Waals surface area contributed by atoms with Crippen LogP contribution in [0.15, 0.2) is 85.5 Å². The first kappa shape index (κ1) is 37.3. The second-order valence-electron chi connectivity index (χ2n) is 13.4. The fraction of sp³-hybridized carbons (Fsp3) is 0.341. The van der Waals surface area contributed by atoms with E-state index in [0.29, 0.717) is 23.7 Å². The van der Waals surface area contributed by atoms with Crippen LogP contribution in [0.3, 0.4) is 0 Å². The molecule has 4 aromatic carbocycles. The molecule has 4 atom stereocenters. The summed E-state index contributed by atoms with van der Waals surface area (Å²) >= 11 is 0. The molecular formula is C41H41F5N2O4. The van der Waals surface area contributed by atoms with E-state index in [-0.39, 0.29) is 31.3 Å². The second kappa shape index (κ2) is 16.5. The number of nitrogens with one attached hydrogen (secondary N) is 1. The number of carbonyl (C=O) groups excluding carboxylic acids is 1. The number of aliphatic hydroxyl groups excluding tert-OH is 1. The highest BCUT2D eigenvalue weighted by molar-refractivity contribution is 5.95. The lowest BCUT2D eigenvalue weighted by Gasteiger charge is -2.43.